The first kappa shape index (κ1) is 18.2. The zero-order chi connectivity index (χ0) is 18.7. The Morgan fingerprint density at radius 2 is 2.15 bits per heavy atom. The third kappa shape index (κ3) is 2.91. The van der Waals surface area contributed by atoms with Gasteiger partial charge in [-0.3, -0.25) is 9.59 Å². The Morgan fingerprint density at radius 1 is 1.42 bits per heavy atom. The average Bonchev–Trinajstić information content (AvgIpc) is 3.41. The normalized spacial score (nSPS) is 27.5. The molecule has 0 bridgehead atoms. The van der Waals surface area contributed by atoms with Gasteiger partial charge in [-0.1, -0.05) is 42.4 Å². The lowest BCUT2D eigenvalue weighted by Gasteiger charge is -2.46. The number of nitrogens with zero attached hydrogens (tertiary/aromatic N) is 4. The number of hydrogen-bond donors (Lipinski definition) is 0. The Hall–Kier alpha value is -2.57. The predicted molar refractivity (Wildman–Crippen MR) is 93.0 cm³/mol. The van der Waals surface area contributed by atoms with E-state index in [9.17, 15) is 9.59 Å². The van der Waals surface area contributed by atoms with Crippen molar-refractivity contribution >= 4 is 11.9 Å². The van der Waals surface area contributed by atoms with E-state index in [4.69, 9.17) is 15.0 Å². The number of esters is 1. The number of benzene rings is 1. The van der Waals surface area contributed by atoms with Crippen molar-refractivity contribution in [3.63, 3.8) is 0 Å². The number of amides is 1. The number of carbonyl (C=O) groups excluding carboxylic acids is 2. The summed E-state index contributed by atoms with van der Waals surface area (Å²) in [5, 5.41) is 3.78. The average molecular weight is 358 g/mol. The molecule has 1 spiro atoms. The molecule has 26 heavy (non-hydrogen) atoms. The van der Waals surface area contributed by atoms with Gasteiger partial charge in [0.15, 0.2) is 5.60 Å². The molecule has 0 radical (unpaired) electrons. The molecule has 2 saturated heterocycles. The van der Waals surface area contributed by atoms with Gasteiger partial charge in [-0.2, -0.15) is 0 Å². The predicted octanol–water partition coefficient (Wildman–Crippen LogP) is 2.75. The van der Waals surface area contributed by atoms with Crippen LogP contribution in [0.25, 0.3) is 10.4 Å². The Labute approximate surface area is 151 Å². The minimum atomic E-state index is -0.981. The fraction of sp³-hybridized carbons (Fsp3) is 0.556. The molecule has 1 amide bonds. The van der Waals surface area contributed by atoms with Gasteiger partial charge in [0.25, 0.3) is 5.91 Å². The van der Waals surface area contributed by atoms with Crippen molar-refractivity contribution < 1.29 is 19.1 Å². The number of likely N-dealkylation sites (tertiary alicyclic amines) is 1. The van der Waals surface area contributed by atoms with Gasteiger partial charge in [0.05, 0.1) is 25.1 Å². The van der Waals surface area contributed by atoms with Crippen molar-refractivity contribution in [1.82, 2.24) is 4.90 Å². The number of β-lactam (4-membered cyclic amide) rings is 1. The molecular weight excluding hydrogens is 336 g/mol. The maximum absolute atomic E-state index is 12.8. The van der Waals surface area contributed by atoms with Crippen LogP contribution in [0.2, 0.25) is 0 Å². The van der Waals surface area contributed by atoms with Gasteiger partial charge in [-0.25, -0.2) is 0 Å². The number of azide groups is 1. The highest BCUT2D eigenvalue weighted by Crippen LogP contribution is 2.60. The minimum absolute atomic E-state index is 0.136. The smallest absolute Gasteiger partial charge is 0.307 e. The van der Waals surface area contributed by atoms with E-state index < -0.39 is 11.7 Å². The first-order valence-corrected chi connectivity index (χ1v) is 8.83. The highest BCUT2D eigenvalue weighted by Gasteiger charge is 2.78. The van der Waals surface area contributed by atoms with Crippen LogP contribution in [0.15, 0.2) is 35.4 Å². The van der Waals surface area contributed by atoms with Crippen LogP contribution < -0.4 is 0 Å². The Kier molecular flexibility index (Phi) is 5.15. The molecule has 0 N–H and O–H groups in total. The molecule has 1 aromatic carbocycles. The summed E-state index contributed by atoms with van der Waals surface area (Å²) in [6.45, 7) is 4.23. The summed E-state index contributed by atoms with van der Waals surface area (Å²) in [5.74, 6) is -0.492. The SMILES string of the molecule is CCOC(=O)CCN1C(=O)[C@@]2(O[C@@H]2[C@@H](CC)N=[N+]=[N-])[C@@H]1c1ccccc1. The molecule has 0 saturated carbocycles. The van der Waals surface area contributed by atoms with Crippen LogP contribution in [-0.4, -0.2) is 47.7 Å². The summed E-state index contributed by atoms with van der Waals surface area (Å²) >= 11 is 0. The summed E-state index contributed by atoms with van der Waals surface area (Å²) in [7, 11) is 0. The molecule has 0 unspecified atom stereocenters. The summed E-state index contributed by atoms with van der Waals surface area (Å²) in [4.78, 5) is 29.0. The van der Waals surface area contributed by atoms with E-state index >= 15 is 0 Å². The van der Waals surface area contributed by atoms with Crippen LogP contribution >= 0.6 is 0 Å². The molecule has 1 aromatic rings. The van der Waals surface area contributed by atoms with Gasteiger partial charge >= 0.3 is 5.97 Å². The number of carbonyl (C=O) groups is 2. The highest BCUT2D eigenvalue weighted by molar-refractivity contribution is 5.97. The maximum Gasteiger partial charge on any atom is 0.307 e. The fourth-order valence-corrected chi connectivity index (χ4v) is 3.72. The zero-order valence-electron chi connectivity index (χ0n) is 14.9. The van der Waals surface area contributed by atoms with E-state index in [1.165, 1.54) is 0 Å². The van der Waals surface area contributed by atoms with E-state index in [2.05, 4.69) is 10.0 Å². The molecule has 2 fully saturated rings. The Bertz CT molecular complexity index is 734. The molecule has 3 rings (SSSR count). The quantitative estimate of drug-likeness (QED) is 0.178. The van der Waals surface area contributed by atoms with Crippen LogP contribution in [0.1, 0.15) is 38.3 Å². The third-order valence-electron chi connectivity index (χ3n) is 4.95. The van der Waals surface area contributed by atoms with Crippen molar-refractivity contribution in [2.45, 2.75) is 50.5 Å². The van der Waals surface area contributed by atoms with Crippen molar-refractivity contribution in [2.24, 2.45) is 5.11 Å². The molecule has 2 heterocycles. The number of hydrogen-bond acceptors (Lipinski definition) is 5. The van der Waals surface area contributed by atoms with Gasteiger partial charge in [0.2, 0.25) is 0 Å². The van der Waals surface area contributed by atoms with E-state index in [0.29, 0.717) is 13.0 Å². The zero-order valence-corrected chi connectivity index (χ0v) is 14.9. The van der Waals surface area contributed by atoms with Crippen LogP contribution in [0, 0.1) is 0 Å². The summed E-state index contributed by atoms with van der Waals surface area (Å²) < 4.78 is 10.8. The fourth-order valence-electron chi connectivity index (χ4n) is 3.72. The molecule has 138 valence electrons. The van der Waals surface area contributed by atoms with Crippen molar-refractivity contribution in [1.29, 1.82) is 0 Å². The lowest BCUT2D eigenvalue weighted by atomic mass is 9.77. The van der Waals surface area contributed by atoms with Crippen LogP contribution in [0.5, 0.6) is 0 Å². The van der Waals surface area contributed by atoms with Crippen molar-refractivity contribution in [3.8, 4) is 0 Å². The lowest BCUT2D eigenvalue weighted by molar-refractivity contribution is -0.161. The van der Waals surface area contributed by atoms with Gasteiger partial charge in [0, 0.05) is 11.5 Å². The Balaban J connectivity index is 1.81. The summed E-state index contributed by atoms with van der Waals surface area (Å²) in [6.07, 6.45) is 0.297. The maximum atomic E-state index is 12.8. The molecule has 8 nitrogen and oxygen atoms in total. The topological polar surface area (TPSA) is 108 Å². The summed E-state index contributed by atoms with van der Waals surface area (Å²) in [6, 6.07) is 8.89. The van der Waals surface area contributed by atoms with Crippen molar-refractivity contribution in [2.75, 3.05) is 13.2 Å². The highest BCUT2D eigenvalue weighted by atomic mass is 16.6. The second-order valence-corrected chi connectivity index (χ2v) is 6.38. The second kappa shape index (κ2) is 7.35. The number of rotatable bonds is 8. The molecule has 8 heteroatoms. The van der Waals surface area contributed by atoms with E-state index in [0.717, 1.165) is 5.56 Å². The van der Waals surface area contributed by atoms with Crippen LogP contribution in [0.4, 0.5) is 0 Å². The van der Waals surface area contributed by atoms with Crippen LogP contribution in [0.3, 0.4) is 0 Å². The van der Waals surface area contributed by atoms with E-state index in [-0.39, 0.29) is 36.9 Å². The van der Waals surface area contributed by atoms with E-state index in [1.807, 2.05) is 37.3 Å². The molecule has 0 aliphatic carbocycles. The molecule has 2 aliphatic heterocycles. The van der Waals surface area contributed by atoms with Crippen LogP contribution in [-0.2, 0) is 19.1 Å². The standard InChI is InChI=1S/C18H22N4O4/c1-3-13(20-21-19)16-18(26-16)15(12-8-6-5-7-9-12)22(17(18)24)11-10-14(23)25-4-2/h5-9,13,15-16H,3-4,10-11H2,1-2H3/t13-,15+,16-,18-/m1/s1. The first-order chi connectivity index (χ1) is 12.6. The summed E-state index contributed by atoms with van der Waals surface area (Å²) in [5.41, 5.74) is 8.72. The van der Waals surface area contributed by atoms with Gasteiger partial charge < -0.3 is 14.4 Å². The second-order valence-electron chi connectivity index (χ2n) is 6.38. The Morgan fingerprint density at radius 3 is 2.77 bits per heavy atom. The molecule has 4 atom stereocenters. The first-order valence-electron chi connectivity index (χ1n) is 8.83. The lowest BCUT2D eigenvalue weighted by Crippen LogP contribution is -2.63. The largest absolute Gasteiger partial charge is 0.466 e. The van der Waals surface area contributed by atoms with Gasteiger partial charge in [-0.15, -0.1) is 0 Å². The van der Waals surface area contributed by atoms with Crippen molar-refractivity contribution in [3.05, 3.63) is 46.3 Å². The van der Waals surface area contributed by atoms with Gasteiger partial charge in [0.1, 0.15) is 6.10 Å². The number of ether oxygens (including phenoxy) is 2. The number of epoxide rings is 1. The van der Waals surface area contributed by atoms with E-state index in [1.54, 1.807) is 11.8 Å². The molecular formula is C18H22N4O4. The van der Waals surface area contributed by atoms with Gasteiger partial charge in [-0.05, 0) is 24.4 Å². The molecule has 0 aromatic heterocycles. The third-order valence-corrected chi connectivity index (χ3v) is 4.95. The molecule has 2 aliphatic rings. The minimum Gasteiger partial charge on any atom is -0.466 e. The monoisotopic (exact) mass is 358 g/mol.